The molecule has 2 saturated heterocycles. The molecule has 3 heterocycles. The van der Waals surface area contributed by atoms with Crippen LogP contribution >= 0.6 is 0 Å². The Morgan fingerprint density at radius 2 is 2.06 bits per heavy atom. The molecule has 3 aliphatic rings. The summed E-state index contributed by atoms with van der Waals surface area (Å²) >= 11 is 0. The number of piperidine rings is 1. The van der Waals surface area contributed by atoms with Crippen LogP contribution in [0.15, 0.2) is 36.4 Å². The molecule has 2 N–H and O–H groups in total. The van der Waals surface area contributed by atoms with Gasteiger partial charge in [-0.15, -0.1) is 0 Å². The van der Waals surface area contributed by atoms with E-state index in [0.29, 0.717) is 30.7 Å². The first kappa shape index (κ1) is 23.4. The van der Waals surface area contributed by atoms with Crippen LogP contribution in [-0.2, 0) is 34.0 Å². The number of carbonyl (C=O) groups excluding carboxylic acids is 3. The number of hydrogen-bond donors (Lipinski definition) is 2. The van der Waals surface area contributed by atoms with Crippen molar-refractivity contribution in [1.82, 2.24) is 15.1 Å². The lowest BCUT2D eigenvalue weighted by Gasteiger charge is -2.31. The van der Waals surface area contributed by atoms with Crippen LogP contribution in [0.4, 0.5) is 10.1 Å². The molecule has 0 aromatic heterocycles. The number of carbonyl (C=O) groups is 3. The van der Waals surface area contributed by atoms with Crippen molar-refractivity contribution in [2.75, 3.05) is 25.0 Å². The van der Waals surface area contributed by atoms with Crippen molar-refractivity contribution < 1.29 is 23.5 Å². The Balaban J connectivity index is 1.25. The lowest BCUT2D eigenvalue weighted by atomic mass is 10.0. The number of morpholine rings is 1. The zero-order valence-corrected chi connectivity index (χ0v) is 19.7. The van der Waals surface area contributed by atoms with E-state index in [0.717, 1.165) is 29.9 Å². The average molecular weight is 481 g/mol. The number of rotatable bonds is 6. The van der Waals surface area contributed by atoms with Crippen LogP contribution in [0.2, 0.25) is 0 Å². The predicted octanol–water partition coefficient (Wildman–Crippen LogP) is 2.42. The van der Waals surface area contributed by atoms with Gasteiger partial charge >= 0.3 is 0 Å². The summed E-state index contributed by atoms with van der Waals surface area (Å²) in [6, 6.07) is 10.0. The Labute approximate surface area is 203 Å². The fraction of sp³-hybridized carbons (Fsp3) is 0.423. The first-order valence-electron chi connectivity index (χ1n) is 12.0. The molecule has 2 aromatic rings. The molecule has 0 radical (unpaired) electrons. The molecule has 3 amide bonds. The van der Waals surface area contributed by atoms with Crippen LogP contribution in [0, 0.1) is 5.82 Å². The SMILES string of the molecule is CC1CN(Cc2ccc(CNc3cccc4c3CN(C3CCC(=O)NC3=O)C4=O)c(F)c2)CCO1. The predicted molar refractivity (Wildman–Crippen MR) is 127 cm³/mol. The number of nitrogens with zero attached hydrogens (tertiary/aromatic N) is 2. The third-order valence-electron chi connectivity index (χ3n) is 6.90. The van der Waals surface area contributed by atoms with Crippen molar-refractivity contribution in [3.8, 4) is 0 Å². The highest BCUT2D eigenvalue weighted by Crippen LogP contribution is 2.32. The van der Waals surface area contributed by atoms with Crippen LogP contribution in [0.3, 0.4) is 0 Å². The Morgan fingerprint density at radius 3 is 2.83 bits per heavy atom. The second-order valence-corrected chi connectivity index (χ2v) is 9.43. The van der Waals surface area contributed by atoms with E-state index in [1.807, 2.05) is 19.1 Å². The summed E-state index contributed by atoms with van der Waals surface area (Å²) in [5.74, 6) is -1.26. The standard InChI is InChI=1S/C26H29FN4O4/c1-16-13-30(9-10-35-16)14-17-5-6-18(21(27)11-17)12-28-22-4-2-3-19-20(22)15-31(26(19)34)23-7-8-24(32)29-25(23)33/h2-6,11,16,23,28H,7-10,12-15H2,1H3,(H,29,32,33). The molecule has 2 aromatic carbocycles. The molecular weight excluding hydrogens is 451 g/mol. The number of anilines is 1. The number of nitrogens with one attached hydrogen (secondary N) is 2. The molecule has 0 bridgehead atoms. The van der Waals surface area contributed by atoms with Gasteiger partial charge in [0.25, 0.3) is 5.91 Å². The Kier molecular flexibility index (Phi) is 6.53. The summed E-state index contributed by atoms with van der Waals surface area (Å²) in [6.45, 7) is 5.62. The Morgan fingerprint density at radius 1 is 1.20 bits per heavy atom. The van der Waals surface area contributed by atoms with E-state index < -0.39 is 11.9 Å². The van der Waals surface area contributed by atoms with E-state index in [2.05, 4.69) is 15.5 Å². The third kappa shape index (κ3) is 4.92. The third-order valence-corrected chi connectivity index (χ3v) is 6.90. The van der Waals surface area contributed by atoms with Gasteiger partial charge in [0.1, 0.15) is 11.9 Å². The maximum absolute atomic E-state index is 14.9. The van der Waals surface area contributed by atoms with Crippen LogP contribution in [0.25, 0.3) is 0 Å². The number of ether oxygens (including phenoxy) is 1. The summed E-state index contributed by atoms with van der Waals surface area (Å²) in [5.41, 5.74) is 3.49. The van der Waals surface area contributed by atoms with Crippen LogP contribution in [0.5, 0.6) is 0 Å². The zero-order chi connectivity index (χ0) is 24.5. The molecule has 9 heteroatoms. The molecule has 5 rings (SSSR count). The summed E-state index contributed by atoms with van der Waals surface area (Å²) in [6.07, 6.45) is 0.706. The van der Waals surface area contributed by atoms with Gasteiger partial charge in [-0.05, 0) is 37.1 Å². The van der Waals surface area contributed by atoms with Gasteiger partial charge in [0, 0.05) is 61.5 Å². The zero-order valence-electron chi connectivity index (χ0n) is 19.7. The molecule has 3 aliphatic heterocycles. The van der Waals surface area contributed by atoms with Crippen LogP contribution in [-0.4, -0.2) is 59.4 Å². The van der Waals surface area contributed by atoms with Crippen LogP contribution < -0.4 is 10.6 Å². The van der Waals surface area contributed by atoms with Crippen molar-refractivity contribution in [3.63, 3.8) is 0 Å². The monoisotopic (exact) mass is 480 g/mol. The first-order valence-corrected chi connectivity index (χ1v) is 12.0. The Hall–Kier alpha value is -3.30. The highest BCUT2D eigenvalue weighted by atomic mass is 19.1. The molecule has 35 heavy (non-hydrogen) atoms. The van der Waals surface area contributed by atoms with Crippen molar-refractivity contribution in [2.45, 2.75) is 51.5 Å². The first-order chi connectivity index (χ1) is 16.9. The summed E-state index contributed by atoms with van der Waals surface area (Å²) in [7, 11) is 0. The van der Waals surface area contributed by atoms with Crippen molar-refractivity contribution in [3.05, 3.63) is 64.5 Å². The number of fused-ring (bicyclic) bond motifs is 1. The molecular formula is C26H29FN4O4. The van der Waals surface area contributed by atoms with E-state index in [-0.39, 0.29) is 43.2 Å². The van der Waals surface area contributed by atoms with Crippen molar-refractivity contribution in [1.29, 1.82) is 0 Å². The number of hydrogen-bond acceptors (Lipinski definition) is 6. The quantitative estimate of drug-likeness (QED) is 0.618. The molecule has 184 valence electrons. The maximum Gasteiger partial charge on any atom is 0.255 e. The van der Waals surface area contributed by atoms with Crippen LogP contribution in [0.1, 0.15) is 46.8 Å². The second kappa shape index (κ2) is 9.75. The Bertz CT molecular complexity index is 1170. The lowest BCUT2D eigenvalue weighted by Crippen LogP contribution is -2.52. The number of amides is 3. The average Bonchev–Trinajstić information content (AvgIpc) is 3.15. The van der Waals surface area contributed by atoms with Crippen molar-refractivity contribution >= 4 is 23.4 Å². The smallest absolute Gasteiger partial charge is 0.255 e. The van der Waals surface area contributed by atoms with Gasteiger partial charge in [0.15, 0.2) is 0 Å². The van der Waals surface area contributed by atoms with E-state index >= 15 is 0 Å². The summed E-state index contributed by atoms with van der Waals surface area (Å²) in [4.78, 5) is 40.5. The lowest BCUT2D eigenvalue weighted by molar-refractivity contribution is -0.136. The van der Waals surface area contributed by atoms with Gasteiger partial charge in [-0.25, -0.2) is 4.39 Å². The minimum atomic E-state index is -0.667. The second-order valence-electron chi connectivity index (χ2n) is 9.43. The molecule has 8 nitrogen and oxygen atoms in total. The summed E-state index contributed by atoms with van der Waals surface area (Å²) < 4.78 is 20.5. The van der Waals surface area contributed by atoms with Gasteiger partial charge in [0.2, 0.25) is 11.8 Å². The minimum Gasteiger partial charge on any atom is -0.381 e. The fourth-order valence-electron chi connectivity index (χ4n) is 5.07. The highest BCUT2D eigenvalue weighted by Gasteiger charge is 2.39. The number of benzene rings is 2. The largest absolute Gasteiger partial charge is 0.381 e. The van der Waals surface area contributed by atoms with Gasteiger partial charge in [-0.1, -0.05) is 18.2 Å². The molecule has 0 saturated carbocycles. The molecule has 0 spiro atoms. The summed E-state index contributed by atoms with van der Waals surface area (Å²) in [5, 5.41) is 5.59. The molecule has 2 unspecified atom stereocenters. The van der Waals surface area contributed by atoms with E-state index in [1.165, 1.54) is 4.90 Å². The fourth-order valence-corrected chi connectivity index (χ4v) is 5.07. The van der Waals surface area contributed by atoms with Gasteiger partial charge in [-0.3, -0.25) is 24.6 Å². The number of halogens is 1. The van der Waals surface area contributed by atoms with Gasteiger partial charge in [-0.2, -0.15) is 0 Å². The maximum atomic E-state index is 14.9. The molecule has 0 aliphatic carbocycles. The number of imide groups is 1. The minimum absolute atomic E-state index is 0.183. The normalized spacial score (nSPS) is 22.8. The van der Waals surface area contributed by atoms with Crippen molar-refractivity contribution in [2.24, 2.45) is 0 Å². The van der Waals surface area contributed by atoms with E-state index in [4.69, 9.17) is 4.74 Å². The van der Waals surface area contributed by atoms with E-state index in [9.17, 15) is 18.8 Å². The van der Waals surface area contributed by atoms with E-state index in [1.54, 1.807) is 24.3 Å². The highest BCUT2D eigenvalue weighted by molar-refractivity contribution is 6.06. The topological polar surface area (TPSA) is 91.0 Å². The van der Waals surface area contributed by atoms with Gasteiger partial charge in [0.05, 0.1) is 12.7 Å². The molecule has 2 atom stereocenters. The molecule has 2 fully saturated rings. The van der Waals surface area contributed by atoms with Gasteiger partial charge < -0.3 is 15.0 Å².